The number of urea groups is 1. The average molecular weight is 257 g/mol. The molecule has 1 aromatic carbocycles. The van der Waals surface area contributed by atoms with E-state index in [9.17, 15) is 4.79 Å². The van der Waals surface area contributed by atoms with Crippen LogP contribution in [0.5, 0.6) is 0 Å². The second-order valence-electron chi connectivity index (χ2n) is 3.04. The number of hydrogen-bond donors (Lipinski definition) is 1. The molecule has 0 bridgehead atoms. The molecule has 1 N–H and O–H groups in total. The monoisotopic (exact) mass is 256 g/mol. The summed E-state index contributed by atoms with van der Waals surface area (Å²) in [5.74, 6) is 0. The summed E-state index contributed by atoms with van der Waals surface area (Å²) in [6.45, 7) is 0.610. The van der Waals surface area contributed by atoms with E-state index in [1.807, 2.05) is 24.3 Å². The summed E-state index contributed by atoms with van der Waals surface area (Å²) in [6, 6.07) is 7.83. The molecule has 2 amide bonds. The van der Waals surface area contributed by atoms with E-state index < -0.39 is 0 Å². The highest BCUT2D eigenvalue weighted by Crippen LogP contribution is 2.12. The summed E-state index contributed by atoms with van der Waals surface area (Å²) in [7, 11) is 3.39. The third-order valence-corrected chi connectivity index (χ3v) is 2.36. The molecule has 0 atom stereocenters. The minimum Gasteiger partial charge on any atom is -0.341 e. The molecule has 0 aliphatic carbocycles. The van der Waals surface area contributed by atoms with Crippen molar-refractivity contribution >= 4 is 22.0 Å². The molecule has 0 aromatic heterocycles. The van der Waals surface area contributed by atoms with Crippen LogP contribution < -0.4 is 5.32 Å². The molecular formula is C10H13BrN2O. The fraction of sp³-hybridized carbons (Fsp3) is 0.300. The smallest absolute Gasteiger partial charge is 0.317 e. The highest BCUT2D eigenvalue weighted by atomic mass is 79.9. The van der Waals surface area contributed by atoms with E-state index in [0.717, 1.165) is 10.0 Å². The zero-order valence-electron chi connectivity index (χ0n) is 8.25. The lowest BCUT2D eigenvalue weighted by Gasteiger charge is -2.16. The lowest BCUT2D eigenvalue weighted by atomic mass is 10.2. The number of nitrogens with one attached hydrogen (secondary N) is 1. The SMILES string of the molecule is CNC(=O)N(C)Cc1cccc(Br)c1. The van der Waals surface area contributed by atoms with Crippen LogP contribution in [0.4, 0.5) is 4.79 Å². The van der Waals surface area contributed by atoms with Crippen molar-refractivity contribution in [2.45, 2.75) is 6.54 Å². The minimum atomic E-state index is -0.0787. The van der Waals surface area contributed by atoms with Gasteiger partial charge in [-0.1, -0.05) is 28.1 Å². The van der Waals surface area contributed by atoms with E-state index in [-0.39, 0.29) is 6.03 Å². The highest BCUT2D eigenvalue weighted by Gasteiger charge is 2.05. The molecule has 0 aliphatic rings. The molecule has 14 heavy (non-hydrogen) atoms. The van der Waals surface area contributed by atoms with Crippen LogP contribution in [0, 0.1) is 0 Å². The second kappa shape index (κ2) is 5.00. The third-order valence-electron chi connectivity index (χ3n) is 1.87. The van der Waals surface area contributed by atoms with Crippen molar-refractivity contribution in [1.82, 2.24) is 10.2 Å². The van der Waals surface area contributed by atoms with Crippen molar-refractivity contribution in [3.8, 4) is 0 Å². The first-order valence-electron chi connectivity index (χ1n) is 4.31. The molecule has 0 saturated carbocycles. The largest absolute Gasteiger partial charge is 0.341 e. The Hall–Kier alpha value is -1.03. The Kier molecular flexibility index (Phi) is 3.95. The molecule has 0 radical (unpaired) electrons. The van der Waals surface area contributed by atoms with E-state index >= 15 is 0 Å². The van der Waals surface area contributed by atoms with Gasteiger partial charge in [-0.2, -0.15) is 0 Å². The summed E-state index contributed by atoms with van der Waals surface area (Å²) in [5, 5.41) is 2.57. The molecule has 0 aliphatic heterocycles. The van der Waals surface area contributed by atoms with Crippen LogP contribution in [-0.4, -0.2) is 25.0 Å². The van der Waals surface area contributed by atoms with E-state index in [1.54, 1.807) is 19.0 Å². The quantitative estimate of drug-likeness (QED) is 0.865. The maximum Gasteiger partial charge on any atom is 0.317 e. The predicted octanol–water partition coefficient (Wildman–Crippen LogP) is 2.22. The van der Waals surface area contributed by atoms with Gasteiger partial charge in [0.2, 0.25) is 0 Å². The standard InChI is InChI=1S/C10H13BrN2O/c1-12-10(14)13(2)7-8-4-3-5-9(11)6-8/h3-6H,7H2,1-2H3,(H,12,14). The van der Waals surface area contributed by atoms with Gasteiger partial charge in [0.1, 0.15) is 0 Å². The fourth-order valence-electron chi connectivity index (χ4n) is 1.17. The number of benzene rings is 1. The van der Waals surface area contributed by atoms with Crippen molar-refractivity contribution in [2.75, 3.05) is 14.1 Å². The zero-order valence-corrected chi connectivity index (χ0v) is 9.84. The van der Waals surface area contributed by atoms with Gasteiger partial charge in [-0.25, -0.2) is 4.79 Å². The van der Waals surface area contributed by atoms with Gasteiger partial charge in [-0.15, -0.1) is 0 Å². The van der Waals surface area contributed by atoms with Gasteiger partial charge < -0.3 is 10.2 Å². The lowest BCUT2D eigenvalue weighted by Crippen LogP contribution is -2.34. The molecule has 1 aromatic rings. The Labute approximate surface area is 92.2 Å². The molecule has 0 fully saturated rings. The number of hydrogen-bond acceptors (Lipinski definition) is 1. The maximum atomic E-state index is 11.2. The Balaban J connectivity index is 2.64. The fourth-order valence-corrected chi connectivity index (χ4v) is 1.62. The number of rotatable bonds is 2. The van der Waals surface area contributed by atoms with Gasteiger partial charge in [0, 0.05) is 25.1 Å². The van der Waals surface area contributed by atoms with Gasteiger partial charge in [-0.05, 0) is 17.7 Å². The van der Waals surface area contributed by atoms with E-state index in [4.69, 9.17) is 0 Å². The summed E-state index contributed by atoms with van der Waals surface area (Å²) in [6.07, 6.45) is 0. The molecule has 3 nitrogen and oxygen atoms in total. The van der Waals surface area contributed by atoms with Crippen LogP contribution in [-0.2, 0) is 6.54 Å². The van der Waals surface area contributed by atoms with Gasteiger partial charge in [-0.3, -0.25) is 0 Å². The molecule has 1 rings (SSSR count). The summed E-state index contributed by atoms with van der Waals surface area (Å²) in [5.41, 5.74) is 1.10. The Morgan fingerprint density at radius 2 is 2.29 bits per heavy atom. The number of carbonyl (C=O) groups excluding carboxylic acids is 1. The van der Waals surface area contributed by atoms with Crippen LogP contribution in [0.1, 0.15) is 5.56 Å². The molecular weight excluding hydrogens is 244 g/mol. The van der Waals surface area contributed by atoms with Gasteiger partial charge in [0.15, 0.2) is 0 Å². The van der Waals surface area contributed by atoms with Gasteiger partial charge in [0.25, 0.3) is 0 Å². The second-order valence-corrected chi connectivity index (χ2v) is 3.96. The molecule has 0 unspecified atom stereocenters. The Bertz CT molecular complexity index is 328. The van der Waals surface area contributed by atoms with Crippen LogP contribution in [0.25, 0.3) is 0 Å². The number of amides is 2. The molecule has 0 heterocycles. The van der Waals surface area contributed by atoms with Crippen molar-refractivity contribution in [1.29, 1.82) is 0 Å². The normalized spacial score (nSPS) is 9.64. The van der Waals surface area contributed by atoms with Crippen LogP contribution in [0.3, 0.4) is 0 Å². The van der Waals surface area contributed by atoms with E-state index in [0.29, 0.717) is 6.54 Å². The predicted molar refractivity (Wildman–Crippen MR) is 60.1 cm³/mol. The summed E-state index contributed by atoms with van der Waals surface area (Å²) < 4.78 is 1.03. The van der Waals surface area contributed by atoms with Crippen LogP contribution in [0.15, 0.2) is 28.7 Å². The number of halogens is 1. The first-order valence-corrected chi connectivity index (χ1v) is 5.10. The average Bonchev–Trinajstić information content (AvgIpc) is 2.16. The first kappa shape index (κ1) is 11.0. The van der Waals surface area contributed by atoms with Gasteiger partial charge >= 0.3 is 6.03 Å². The Morgan fingerprint density at radius 3 is 2.86 bits per heavy atom. The van der Waals surface area contributed by atoms with Crippen molar-refractivity contribution in [3.05, 3.63) is 34.3 Å². The van der Waals surface area contributed by atoms with Crippen molar-refractivity contribution < 1.29 is 4.79 Å². The molecule has 0 spiro atoms. The molecule has 0 saturated heterocycles. The highest BCUT2D eigenvalue weighted by molar-refractivity contribution is 9.10. The first-order chi connectivity index (χ1) is 6.63. The number of nitrogens with zero attached hydrogens (tertiary/aromatic N) is 1. The van der Waals surface area contributed by atoms with E-state index in [1.165, 1.54) is 0 Å². The maximum absolute atomic E-state index is 11.2. The van der Waals surface area contributed by atoms with E-state index in [2.05, 4.69) is 21.2 Å². The summed E-state index contributed by atoms with van der Waals surface area (Å²) in [4.78, 5) is 12.8. The molecule has 76 valence electrons. The Morgan fingerprint density at radius 1 is 1.57 bits per heavy atom. The van der Waals surface area contributed by atoms with Gasteiger partial charge in [0.05, 0.1) is 0 Å². The van der Waals surface area contributed by atoms with Crippen LogP contribution in [0.2, 0.25) is 0 Å². The third kappa shape index (κ3) is 3.03. The number of carbonyl (C=O) groups is 1. The molecule has 4 heteroatoms. The van der Waals surface area contributed by atoms with Crippen molar-refractivity contribution in [2.24, 2.45) is 0 Å². The van der Waals surface area contributed by atoms with Crippen molar-refractivity contribution in [3.63, 3.8) is 0 Å². The topological polar surface area (TPSA) is 32.3 Å². The zero-order chi connectivity index (χ0) is 10.6. The minimum absolute atomic E-state index is 0.0787. The lowest BCUT2D eigenvalue weighted by molar-refractivity contribution is 0.209. The van der Waals surface area contributed by atoms with Crippen LogP contribution >= 0.6 is 15.9 Å². The summed E-state index contributed by atoms with van der Waals surface area (Å²) >= 11 is 3.39.